The number of aliphatic carboxylic acids is 1. The lowest BCUT2D eigenvalue weighted by molar-refractivity contribution is -0.137. The Labute approximate surface area is 154 Å². The number of amides is 1. The third-order valence-electron chi connectivity index (χ3n) is 2.47. The number of nitrogens with zero attached hydrogens (tertiary/aromatic N) is 3. The van der Waals surface area contributed by atoms with Gasteiger partial charge < -0.3 is 21.9 Å². The minimum atomic E-state index is -0.937. The lowest BCUT2D eigenvalue weighted by Crippen LogP contribution is -2.33. The van der Waals surface area contributed by atoms with Gasteiger partial charge in [0.05, 0.1) is 6.54 Å². The molecule has 0 spiro atoms. The SMILES string of the molecule is CC.CC.N/C(CNC(=O)CCCC(=O)O)=N\N=C(/N)c1ccccn1. The molecule has 0 bridgehead atoms. The molecule has 0 saturated carbocycles. The molecule has 0 fully saturated rings. The maximum atomic E-state index is 11.4. The quantitative estimate of drug-likeness (QED) is 0.310. The Morgan fingerprint density at radius 3 is 2.31 bits per heavy atom. The van der Waals surface area contributed by atoms with Gasteiger partial charge in [-0.05, 0) is 18.6 Å². The van der Waals surface area contributed by atoms with Crippen molar-refractivity contribution < 1.29 is 14.7 Å². The zero-order chi connectivity index (χ0) is 20.4. The van der Waals surface area contributed by atoms with E-state index in [2.05, 4.69) is 20.5 Å². The van der Waals surface area contributed by atoms with Crippen molar-refractivity contribution in [2.45, 2.75) is 47.0 Å². The molecule has 1 aromatic heterocycles. The van der Waals surface area contributed by atoms with Gasteiger partial charge in [-0.1, -0.05) is 33.8 Å². The minimum Gasteiger partial charge on any atom is -0.481 e. The average molecular weight is 366 g/mol. The molecule has 0 unspecified atom stereocenters. The number of carbonyl (C=O) groups excluding carboxylic acids is 1. The van der Waals surface area contributed by atoms with Gasteiger partial charge in [0.25, 0.3) is 0 Å². The Morgan fingerprint density at radius 2 is 1.77 bits per heavy atom. The number of nitrogens with one attached hydrogen (secondary N) is 1. The fourth-order valence-corrected chi connectivity index (χ4v) is 1.40. The van der Waals surface area contributed by atoms with E-state index in [0.717, 1.165) is 0 Å². The first-order valence-electron chi connectivity index (χ1n) is 8.54. The Kier molecular flexibility index (Phi) is 16.4. The van der Waals surface area contributed by atoms with Gasteiger partial charge in [0.2, 0.25) is 5.91 Å². The van der Waals surface area contributed by atoms with Crippen LogP contribution in [0.3, 0.4) is 0 Å². The summed E-state index contributed by atoms with van der Waals surface area (Å²) >= 11 is 0. The number of carboxylic acid groups (broad SMARTS) is 1. The van der Waals surface area contributed by atoms with Crippen molar-refractivity contribution in [1.82, 2.24) is 10.3 Å². The highest BCUT2D eigenvalue weighted by molar-refractivity contribution is 5.96. The predicted molar refractivity (Wildman–Crippen MR) is 104 cm³/mol. The van der Waals surface area contributed by atoms with Crippen LogP contribution < -0.4 is 16.8 Å². The number of nitrogens with two attached hydrogens (primary N) is 2. The number of aromatic nitrogens is 1. The van der Waals surface area contributed by atoms with Gasteiger partial charge in [0.15, 0.2) is 5.84 Å². The molecule has 1 heterocycles. The average Bonchev–Trinajstić information content (AvgIpc) is 2.68. The molecule has 0 aromatic carbocycles. The third kappa shape index (κ3) is 13.5. The van der Waals surface area contributed by atoms with E-state index in [0.29, 0.717) is 5.69 Å². The zero-order valence-corrected chi connectivity index (χ0v) is 15.9. The molecule has 1 amide bonds. The summed E-state index contributed by atoms with van der Waals surface area (Å²) < 4.78 is 0. The van der Waals surface area contributed by atoms with E-state index < -0.39 is 5.97 Å². The summed E-state index contributed by atoms with van der Waals surface area (Å²) in [6, 6.07) is 5.18. The van der Waals surface area contributed by atoms with Gasteiger partial charge in [-0.15, -0.1) is 10.2 Å². The van der Waals surface area contributed by atoms with E-state index in [-0.39, 0.29) is 43.4 Å². The summed E-state index contributed by atoms with van der Waals surface area (Å²) in [4.78, 5) is 25.7. The molecular formula is C17H30N6O3. The minimum absolute atomic E-state index is 0.00486. The van der Waals surface area contributed by atoms with Gasteiger partial charge in [0, 0.05) is 19.0 Å². The molecule has 0 radical (unpaired) electrons. The van der Waals surface area contributed by atoms with Crippen LogP contribution in [0, 0.1) is 0 Å². The van der Waals surface area contributed by atoms with Crippen molar-refractivity contribution in [2.75, 3.05) is 6.54 Å². The summed E-state index contributed by atoms with van der Waals surface area (Å²) in [5.41, 5.74) is 11.7. The zero-order valence-electron chi connectivity index (χ0n) is 15.9. The lowest BCUT2D eigenvalue weighted by Gasteiger charge is -2.03. The van der Waals surface area contributed by atoms with Crippen LogP contribution in [-0.2, 0) is 9.59 Å². The number of amidine groups is 2. The van der Waals surface area contributed by atoms with Crippen LogP contribution in [0.4, 0.5) is 0 Å². The summed E-state index contributed by atoms with van der Waals surface area (Å²) in [6.45, 7) is 8.00. The molecule has 9 heteroatoms. The first kappa shape index (κ1) is 25.3. The van der Waals surface area contributed by atoms with Crippen molar-refractivity contribution in [2.24, 2.45) is 21.7 Å². The standard InChI is InChI=1S/C13H18N6O3.2C2H6/c14-10(8-17-11(20)5-3-6-12(21)22)18-19-13(15)9-4-1-2-7-16-9;2*1-2/h1-2,4,7H,3,5-6,8H2,(H2,14,18)(H2,15,19)(H,17,20)(H,21,22);2*1-2H3. The van der Waals surface area contributed by atoms with E-state index in [1.54, 1.807) is 24.4 Å². The van der Waals surface area contributed by atoms with Crippen molar-refractivity contribution in [3.63, 3.8) is 0 Å². The smallest absolute Gasteiger partial charge is 0.303 e. The molecule has 6 N–H and O–H groups in total. The van der Waals surface area contributed by atoms with Crippen LogP contribution in [0.5, 0.6) is 0 Å². The molecular weight excluding hydrogens is 336 g/mol. The van der Waals surface area contributed by atoms with E-state index in [1.807, 2.05) is 27.7 Å². The third-order valence-corrected chi connectivity index (χ3v) is 2.47. The van der Waals surface area contributed by atoms with Crippen LogP contribution in [-0.4, -0.2) is 40.2 Å². The summed E-state index contributed by atoms with van der Waals surface area (Å²) in [5, 5.41) is 18.4. The Balaban J connectivity index is 0. The van der Waals surface area contributed by atoms with Gasteiger partial charge in [-0.3, -0.25) is 14.6 Å². The monoisotopic (exact) mass is 366 g/mol. The number of hydrogen-bond acceptors (Lipinski definition) is 5. The molecule has 0 saturated heterocycles. The first-order chi connectivity index (χ1) is 12.5. The maximum absolute atomic E-state index is 11.4. The van der Waals surface area contributed by atoms with E-state index >= 15 is 0 Å². The van der Waals surface area contributed by atoms with Crippen molar-refractivity contribution in [3.8, 4) is 0 Å². The number of hydrogen-bond donors (Lipinski definition) is 4. The summed E-state index contributed by atoms with van der Waals surface area (Å²) in [5.74, 6) is -1.06. The van der Waals surface area contributed by atoms with Crippen molar-refractivity contribution in [3.05, 3.63) is 30.1 Å². The molecule has 0 aliphatic carbocycles. The Bertz CT molecular complexity index is 573. The molecule has 146 valence electrons. The van der Waals surface area contributed by atoms with Crippen molar-refractivity contribution in [1.29, 1.82) is 0 Å². The first-order valence-corrected chi connectivity index (χ1v) is 8.54. The summed E-state index contributed by atoms with van der Waals surface area (Å²) in [6.07, 6.45) is 1.89. The molecule has 1 aromatic rings. The van der Waals surface area contributed by atoms with E-state index in [1.165, 1.54) is 0 Å². The molecule has 0 aliphatic heterocycles. The largest absolute Gasteiger partial charge is 0.481 e. The molecule has 9 nitrogen and oxygen atoms in total. The normalized spacial score (nSPS) is 10.6. The molecule has 26 heavy (non-hydrogen) atoms. The van der Waals surface area contributed by atoms with Gasteiger partial charge in [-0.25, -0.2) is 0 Å². The Morgan fingerprint density at radius 1 is 1.12 bits per heavy atom. The number of rotatable bonds is 8. The predicted octanol–water partition coefficient (Wildman–Crippen LogP) is 1.48. The van der Waals surface area contributed by atoms with Crippen LogP contribution in [0.25, 0.3) is 0 Å². The van der Waals surface area contributed by atoms with Crippen LogP contribution in [0.15, 0.2) is 34.6 Å². The highest BCUT2D eigenvalue weighted by Gasteiger charge is 2.04. The second kappa shape index (κ2) is 16.9. The second-order valence-corrected chi connectivity index (χ2v) is 4.32. The fraction of sp³-hybridized carbons (Fsp3) is 0.471. The Hall–Kier alpha value is -2.97. The van der Waals surface area contributed by atoms with Crippen LogP contribution in [0.2, 0.25) is 0 Å². The van der Waals surface area contributed by atoms with Crippen LogP contribution >= 0.6 is 0 Å². The van der Waals surface area contributed by atoms with Crippen molar-refractivity contribution >= 4 is 23.5 Å². The molecule has 0 aliphatic rings. The molecule has 0 atom stereocenters. The topological polar surface area (TPSA) is 156 Å². The summed E-state index contributed by atoms with van der Waals surface area (Å²) in [7, 11) is 0. The van der Waals surface area contributed by atoms with E-state index in [4.69, 9.17) is 16.6 Å². The highest BCUT2D eigenvalue weighted by atomic mass is 16.4. The second-order valence-electron chi connectivity index (χ2n) is 4.32. The van der Waals surface area contributed by atoms with Gasteiger partial charge >= 0.3 is 5.97 Å². The lowest BCUT2D eigenvalue weighted by atomic mass is 10.2. The van der Waals surface area contributed by atoms with Gasteiger partial charge in [0.1, 0.15) is 11.5 Å². The number of carboxylic acids is 1. The van der Waals surface area contributed by atoms with E-state index in [9.17, 15) is 9.59 Å². The van der Waals surface area contributed by atoms with Gasteiger partial charge in [-0.2, -0.15) is 0 Å². The maximum Gasteiger partial charge on any atom is 0.303 e. The molecule has 1 rings (SSSR count). The highest BCUT2D eigenvalue weighted by Crippen LogP contribution is 1.95. The number of pyridine rings is 1. The van der Waals surface area contributed by atoms with Crippen LogP contribution in [0.1, 0.15) is 52.7 Å². The fourth-order valence-electron chi connectivity index (χ4n) is 1.40. The number of carbonyl (C=O) groups is 2.